The smallest absolute Gasteiger partial charge is 0.141 e. The first kappa shape index (κ1) is 13.6. The first-order valence-electron chi connectivity index (χ1n) is 6.13. The molecule has 2 N–H and O–H groups in total. The van der Waals surface area contributed by atoms with E-state index in [0.717, 1.165) is 10.0 Å². The van der Waals surface area contributed by atoms with Gasteiger partial charge in [0.2, 0.25) is 0 Å². The van der Waals surface area contributed by atoms with Crippen LogP contribution in [0.4, 0.5) is 10.2 Å². The van der Waals surface area contributed by atoms with E-state index >= 15 is 0 Å². The molecule has 1 aromatic carbocycles. The first-order valence-corrected chi connectivity index (χ1v) is 6.92. The van der Waals surface area contributed by atoms with Crippen molar-refractivity contribution in [2.45, 2.75) is 0 Å². The highest BCUT2D eigenvalue weighted by molar-refractivity contribution is 9.10. The molecule has 0 bridgehead atoms. The second kappa shape index (κ2) is 5.57. The van der Waals surface area contributed by atoms with Gasteiger partial charge < -0.3 is 5.73 Å². The Bertz CT molecular complexity index is 790. The third-order valence-corrected chi connectivity index (χ3v) is 3.56. The molecule has 0 spiro atoms. The highest BCUT2D eigenvalue weighted by Crippen LogP contribution is 2.30. The lowest BCUT2D eigenvalue weighted by atomic mass is 10.1. The van der Waals surface area contributed by atoms with Crippen LogP contribution in [-0.4, -0.2) is 15.0 Å². The zero-order chi connectivity index (χ0) is 14.8. The average molecular weight is 345 g/mol. The zero-order valence-corrected chi connectivity index (χ0v) is 12.4. The van der Waals surface area contributed by atoms with Gasteiger partial charge in [-0.25, -0.2) is 9.37 Å². The Labute approximate surface area is 129 Å². The monoisotopic (exact) mass is 344 g/mol. The number of hydrogen-bond donors (Lipinski definition) is 1. The summed E-state index contributed by atoms with van der Waals surface area (Å²) in [4.78, 5) is 12.6. The average Bonchev–Trinajstić information content (AvgIpc) is 2.49. The van der Waals surface area contributed by atoms with Crippen molar-refractivity contribution in [1.82, 2.24) is 15.0 Å². The lowest BCUT2D eigenvalue weighted by molar-refractivity contribution is 0.628. The Balaban J connectivity index is 2.10. The number of aromatic nitrogens is 3. The molecule has 0 saturated carbocycles. The lowest BCUT2D eigenvalue weighted by Crippen LogP contribution is -1.94. The van der Waals surface area contributed by atoms with Gasteiger partial charge in [-0.2, -0.15) is 0 Å². The predicted octanol–water partition coefficient (Wildman–Crippen LogP) is 3.69. The highest BCUT2D eigenvalue weighted by atomic mass is 79.9. The van der Waals surface area contributed by atoms with E-state index in [2.05, 4.69) is 30.9 Å². The standard InChI is InChI=1S/C15H10BrFN4/c16-12-6-19-13(9-2-1-3-10(17)4-9)5-11(12)14-7-21-15(18)8-20-14/h1-8H,(H2,18,21). The zero-order valence-electron chi connectivity index (χ0n) is 10.8. The number of nitrogens with two attached hydrogens (primary N) is 1. The van der Waals surface area contributed by atoms with Crippen molar-refractivity contribution >= 4 is 21.7 Å². The molecule has 104 valence electrons. The number of pyridine rings is 1. The van der Waals surface area contributed by atoms with Crippen LogP contribution in [0, 0.1) is 5.82 Å². The van der Waals surface area contributed by atoms with Crippen LogP contribution in [0.1, 0.15) is 0 Å². The van der Waals surface area contributed by atoms with Gasteiger partial charge in [0, 0.05) is 21.8 Å². The number of halogens is 2. The summed E-state index contributed by atoms with van der Waals surface area (Å²) in [7, 11) is 0. The number of nitrogen functional groups attached to an aromatic ring is 1. The summed E-state index contributed by atoms with van der Waals surface area (Å²) in [6.07, 6.45) is 4.74. The molecule has 0 aliphatic heterocycles. The van der Waals surface area contributed by atoms with Gasteiger partial charge in [0.05, 0.1) is 23.8 Å². The fourth-order valence-electron chi connectivity index (χ4n) is 1.92. The van der Waals surface area contributed by atoms with E-state index in [0.29, 0.717) is 22.8 Å². The van der Waals surface area contributed by atoms with Gasteiger partial charge in [-0.3, -0.25) is 9.97 Å². The molecule has 0 unspecified atom stereocenters. The van der Waals surface area contributed by atoms with Gasteiger partial charge in [-0.15, -0.1) is 0 Å². The van der Waals surface area contributed by atoms with Crippen LogP contribution in [-0.2, 0) is 0 Å². The van der Waals surface area contributed by atoms with Crippen molar-refractivity contribution in [3.63, 3.8) is 0 Å². The van der Waals surface area contributed by atoms with Crippen LogP contribution < -0.4 is 5.73 Å². The summed E-state index contributed by atoms with van der Waals surface area (Å²) < 4.78 is 14.1. The van der Waals surface area contributed by atoms with Crippen molar-refractivity contribution in [1.29, 1.82) is 0 Å². The van der Waals surface area contributed by atoms with Crippen LogP contribution in [0.25, 0.3) is 22.5 Å². The van der Waals surface area contributed by atoms with E-state index in [-0.39, 0.29) is 5.82 Å². The van der Waals surface area contributed by atoms with Crippen molar-refractivity contribution in [3.8, 4) is 22.5 Å². The molecule has 3 rings (SSSR count). The summed E-state index contributed by atoms with van der Waals surface area (Å²) in [5, 5.41) is 0. The molecule has 0 aliphatic rings. The fraction of sp³-hybridized carbons (Fsp3) is 0. The summed E-state index contributed by atoms with van der Waals surface area (Å²) in [5.74, 6) is 0.0559. The molecule has 0 amide bonds. The van der Waals surface area contributed by atoms with Crippen molar-refractivity contribution in [2.75, 3.05) is 5.73 Å². The molecule has 0 radical (unpaired) electrons. The Morgan fingerprint density at radius 3 is 2.48 bits per heavy atom. The molecule has 2 aromatic heterocycles. The molecule has 2 heterocycles. The van der Waals surface area contributed by atoms with E-state index in [1.165, 1.54) is 18.3 Å². The Morgan fingerprint density at radius 1 is 0.952 bits per heavy atom. The summed E-state index contributed by atoms with van der Waals surface area (Å²) in [6, 6.07) is 8.12. The van der Waals surface area contributed by atoms with Crippen molar-refractivity contribution in [3.05, 3.63) is 59.2 Å². The Hall–Kier alpha value is -2.34. The van der Waals surface area contributed by atoms with Crippen LogP contribution >= 0.6 is 15.9 Å². The molecular formula is C15H10BrFN4. The van der Waals surface area contributed by atoms with E-state index < -0.39 is 0 Å². The van der Waals surface area contributed by atoms with Crippen LogP contribution in [0.5, 0.6) is 0 Å². The van der Waals surface area contributed by atoms with Gasteiger partial charge in [-0.1, -0.05) is 12.1 Å². The van der Waals surface area contributed by atoms with Crippen molar-refractivity contribution < 1.29 is 4.39 Å². The van der Waals surface area contributed by atoms with Crippen LogP contribution in [0.15, 0.2) is 53.4 Å². The summed E-state index contributed by atoms with van der Waals surface area (Å²) in [5.41, 5.74) is 8.38. The largest absolute Gasteiger partial charge is 0.382 e. The quantitative estimate of drug-likeness (QED) is 0.769. The highest BCUT2D eigenvalue weighted by Gasteiger charge is 2.09. The molecule has 0 saturated heterocycles. The van der Waals surface area contributed by atoms with E-state index in [1.807, 2.05) is 6.07 Å². The molecular weight excluding hydrogens is 335 g/mol. The van der Waals surface area contributed by atoms with Gasteiger partial charge in [0.25, 0.3) is 0 Å². The maximum Gasteiger partial charge on any atom is 0.141 e. The second-order valence-electron chi connectivity index (χ2n) is 4.39. The van der Waals surface area contributed by atoms with Gasteiger partial charge in [0.15, 0.2) is 0 Å². The number of benzene rings is 1. The van der Waals surface area contributed by atoms with Crippen molar-refractivity contribution in [2.24, 2.45) is 0 Å². The van der Waals surface area contributed by atoms with Gasteiger partial charge in [0.1, 0.15) is 11.6 Å². The number of hydrogen-bond acceptors (Lipinski definition) is 4. The minimum atomic E-state index is -0.300. The molecule has 21 heavy (non-hydrogen) atoms. The normalized spacial score (nSPS) is 10.6. The minimum Gasteiger partial charge on any atom is -0.382 e. The van der Waals surface area contributed by atoms with Crippen LogP contribution in [0.2, 0.25) is 0 Å². The Kier molecular flexibility index (Phi) is 3.62. The Morgan fingerprint density at radius 2 is 1.76 bits per heavy atom. The molecule has 6 heteroatoms. The molecule has 0 atom stereocenters. The second-order valence-corrected chi connectivity index (χ2v) is 5.24. The van der Waals surface area contributed by atoms with Gasteiger partial charge >= 0.3 is 0 Å². The maximum absolute atomic E-state index is 13.3. The topological polar surface area (TPSA) is 64.7 Å². The van der Waals surface area contributed by atoms with E-state index in [1.54, 1.807) is 24.5 Å². The first-order chi connectivity index (χ1) is 10.1. The molecule has 0 fully saturated rings. The predicted molar refractivity (Wildman–Crippen MR) is 82.8 cm³/mol. The lowest BCUT2D eigenvalue weighted by Gasteiger charge is -2.07. The third-order valence-electron chi connectivity index (χ3n) is 2.92. The molecule has 3 aromatic rings. The molecule has 0 aliphatic carbocycles. The summed E-state index contributed by atoms with van der Waals surface area (Å²) >= 11 is 3.44. The van der Waals surface area contributed by atoms with E-state index in [4.69, 9.17) is 5.73 Å². The SMILES string of the molecule is Nc1cnc(-c2cc(-c3cccc(F)c3)ncc2Br)cn1. The maximum atomic E-state index is 13.3. The third kappa shape index (κ3) is 2.90. The minimum absolute atomic E-state index is 0.300. The van der Waals surface area contributed by atoms with Crippen LogP contribution in [0.3, 0.4) is 0 Å². The fourth-order valence-corrected chi connectivity index (χ4v) is 2.34. The van der Waals surface area contributed by atoms with Gasteiger partial charge in [-0.05, 0) is 34.1 Å². The summed E-state index contributed by atoms with van der Waals surface area (Å²) in [6.45, 7) is 0. The number of nitrogens with zero attached hydrogens (tertiary/aromatic N) is 3. The molecule has 4 nitrogen and oxygen atoms in total. The number of anilines is 1. The number of rotatable bonds is 2. The van der Waals surface area contributed by atoms with E-state index in [9.17, 15) is 4.39 Å².